The zero-order valence-electron chi connectivity index (χ0n) is 12.2. The molecule has 0 aliphatic heterocycles. The first-order valence-electron chi connectivity index (χ1n) is 6.92. The Hall–Kier alpha value is -1.51. The van der Waals surface area contributed by atoms with Crippen molar-refractivity contribution in [1.82, 2.24) is 0 Å². The van der Waals surface area contributed by atoms with Crippen molar-refractivity contribution >= 4 is 5.97 Å². The Labute approximate surface area is 115 Å². The molecule has 0 aliphatic rings. The van der Waals surface area contributed by atoms with Gasteiger partial charge in [0, 0.05) is 5.92 Å². The fourth-order valence-electron chi connectivity index (χ4n) is 1.71. The quantitative estimate of drug-likeness (QED) is 0.388. The predicted octanol–water partition coefficient (Wildman–Crippen LogP) is 4.70. The second-order valence-electron chi connectivity index (χ2n) is 5.26. The van der Waals surface area contributed by atoms with E-state index in [1.54, 1.807) is 6.07 Å². The fraction of sp³-hybridized carbons (Fsp3) is 0.562. The van der Waals surface area contributed by atoms with Crippen molar-refractivity contribution in [3.8, 4) is 0 Å². The summed E-state index contributed by atoms with van der Waals surface area (Å²) in [5, 5.41) is 0. The normalized spacial score (nSPS) is 10.7. The molecule has 1 aromatic heterocycles. The van der Waals surface area contributed by atoms with Gasteiger partial charge in [-0.1, -0.05) is 19.4 Å². The number of hydrogen-bond donors (Lipinski definition) is 0. The van der Waals surface area contributed by atoms with Gasteiger partial charge >= 0.3 is 5.97 Å². The van der Waals surface area contributed by atoms with E-state index in [9.17, 15) is 4.79 Å². The van der Waals surface area contributed by atoms with Crippen molar-refractivity contribution < 1.29 is 13.9 Å². The van der Waals surface area contributed by atoms with Crippen molar-refractivity contribution in [2.24, 2.45) is 0 Å². The monoisotopic (exact) mass is 264 g/mol. The van der Waals surface area contributed by atoms with Crippen LogP contribution >= 0.6 is 0 Å². The summed E-state index contributed by atoms with van der Waals surface area (Å²) in [7, 11) is 0. The average Bonchev–Trinajstić information content (AvgIpc) is 2.82. The lowest BCUT2D eigenvalue weighted by atomic mass is 10.1. The third kappa shape index (κ3) is 5.77. The fourth-order valence-corrected chi connectivity index (χ4v) is 1.71. The van der Waals surface area contributed by atoms with Gasteiger partial charge in [-0.15, -0.1) is 6.58 Å². The summed E-state index contributed by atoms with van der Waals surface area (Å²) in [5.41, 5.74) is 1.20. The molecule has 0 atom stereocenters. The van der Waals surface area contributed by atoms with Gasteiger partial charge in [0.15, 0.2) is 0 Å². The third-order valence-corrected chi connectivity index (χ3v) is 2.88. The number of furan rings is 1. The summed E-state index contributed by atoms with van der Waals surface area (Å²) >= 11 is 0. The van der Waals surface area contributed by atoms with E-state index in [4.69, 9.17) is 9.15 Å². The maximum Gasteiger partial charge on any atom is 0.374 e. The first kappa shape index (κ1) is 15.5. The molecule has 0 aromatic carbocycles. The molecule has 0 saturated carbocycles. The molecule has 0 radical (unpaired) electrons. The molecule has 0 unspecified atom stereocenters. The lowest BCUT2D eigenvalue weighted by Crippen LogP contribution is -2.05. The summed E-state index contributed by atoms with van der Waals surface area (Å²) in [4.78, 5) is 11.7. The molecule has 0 fully saturated rings. The Morgan fingerprint density at radius 2 is 2.05 bits per heavy atom. The van der Waals surface area contributed by atoms with Gasteiger partial charge in [-0.25, -0.2) is 4.79 Å². The summed E-state index contributed by atoms with van der Waals surface area (Å²) in [6.07, 6.45) is 4.08. The number of esters is 1. The lowest BCUT2D eigenvalue weighted by molar-refractivity contribution is 0.0459. The van der Waals surface area contributed by atoms with Gasteiger partial charge in [-0.05, 0) is 44.7 Å². The maximum atomic E-state index is 11.7. The summed E-state index contributed by atoms with van der Waals surface area (Å²) in [6.45, 7) is 10.4. The van der Waals surface area contributed by atoms with E-state index in [1.165, 1.54) is 5.57 Å². The highest BCUT2D eigenvalue weighted by Crippen LogP contribution is 2.18. The van der Waals surface area contributed by atoms with Crippen LogP contribution in [0.1, 0.15) is 68.7 Å². The maximum absolute atomic E-state index is 11.7. The second-order valence-corrected chi connectivity index (χ2v) is 5.26. The summed E-state index contributed by atoms with van der Waals surface area (Å²) in [6, 6.07) is 3.51. The van der Waals surface area contributed by atoms with E-state index in [0.29, 0.717) is 12.4 Å². The second kappa shape index (κ2) is 7.82. The van der Waals surface area contributed by atoms with Crippen LogP contribution in [-0.4, -0.2) is 12.6 Å². The van der Waals surface area contributed by atoms with Gasteiger partial charge in [0.25, 0.3) is 0 Å². The van der Waals surface area contributed by atoms with Crippen LogP contribution in [-0.2, 0) is 4.74 Å². The van der Waals surface area contributed by atoms with Gasteiger partial charge in [0.05, 0.1) is 6.61 Å². The van der Waals surface area contributed by atoms with Gasteiger partial charge in [-0.2, -0.15) is 0 Å². The molecule has 0 saturated heterocycles. The van der Waals surface area contributed by atoms with E-state index >= 15 is 0 Å². The minimum Gasteiger partial charge on any atom is -0.460 e. The number of rotatable bonds is 8. The highest BCUT2D eigenvalue weighted by molar-refractivity contribution is 5.86. The van der Waals surface area contributed by atoms with Gasteiger partial charge in [0.1, 0.15) is 5.76 Å². The van der Waals surface area contributed by atoms with Crippen LogP contribution in [0.3, 0.4) is 0 Å². The lowest BCUT2D eigenvalue weighted by Gasteiger charge is -2.03. The Kier molecular flexibility index (Phi) is 6.40. The molecule has 3 nitrogen and oxygen atoms in total. The predicted molar refractivity (Wildman–Crippen MR) is 76.4 cm³/mol. The van der Waals surface area contributed by atoms with Crippen molar-refractivity contribution in [3.05, 3.63) is 35.8 Å². The molecule has 1 aromatic rings. The molecule has 1 heterocycles. The molecule has 3 heteroatoms. The number of hydrogen-bond acceptors (Lipinski definition) is 3. The van der Waals surface area contributed by atoms with Gasteiger partial charge < -0.3 is 9.15 Å². The first-order valence-corrected chi connectivity index (χ1v) is 6.92. The molecule has 106 valence electrons. The van der Waals surface area contributed by atoms with E-state index in [2.05, 4.69) is 6.58 Å². The smallest absolute Gasteiger partial charge is 0.374 e. The zero-order valence-corrected chi connectivity index (χ0v) is 12.2. The number of unbranched alkanes of at least 4 members (excludes halogenated alkanes) is 2. The van der Waals surface area contributed by atoms with Crippen molar-refractivity contribution in [2.45, 2.75) is 52.4 Å². The SMILES string of the molecule is C=C(C)CCCCCOC(=O)c1ccc(C(C)C)o1. The van der Waals surface area contributed by atoms with Crippen LogP contribution in [0.5, 0.6) is 0 Å². The van der Waals surface area contributed by atoms with Crippen molar-refractivity contribution in [1.29, 1.82) is 0 Å². The zero-order chi connectivity index (χ0) is 14.3. The topological polar surface area (TPSA) is 39.4 Å². The minimum atomic E-state index is -0.369. The molecule has 19 heavy (non-hydrogen) atoms. The molecule has 0 spiro atoms. The Bertz CT molecular complexity index is 415. The molecular formula is C16H24O3. The average molecular weight is 264 g/mol. The number of ether oxygens (including phenoxy) is 1. The Morgan fingerprint density at radius 3 is 2.63 bits per heavy atom. The van der Waals surface area contributed by atoms with Crippen LogP contribution in [0.15, 0.2) is 28.7 Å². The van der Waals surface area contributed by atoms with E-state index in [-0.39, 0.29) is 11.9 Å². The van der Waals surface area contributed by atoms with Crippen molar-refractivity contribution in [3.63, 3.8) is 0 Å². The molecule has 0 N–H and O–H groups in total. The Morgan fingerprint density at radius 1 is 1.32 bits per heavy atom. The molecular weight excluding hydrogens is 240 g/mol. The van der Waals surface area contributed by atoms with Crippen LogP contribution in [0.4, 0.5) is 0 Å². The number of carbonyl (C=O) groups excluding carboxylic acids is 1. The Balaban J connectivity index is 2.22. The minimum absolute atomic E-state index is 0.281. The summed E-state index contributed by atoms with van der Waals surface area (Å²) in [5.74, 6) is 1.02. The summed E-state index contributed by atoms with van der Waals surface area (Å²) < 4.78 is 10.6. The largest absolute Gasteiger partial charge is 0.460 e. The highest BCUT2D eigenvalue weighted by Gasteiger charge is 2.13. The third-order valence-electron chi connectivity index (χ3n) is 2.88. The molecule has 1 rings (SSSR count). The van der Waals surface area contributed by atoms with Gasteiger partial charge in [-0.3, -0.25) is 0 Å². The molecule has 0 bridgehead atoms. The van der Waals surface area contributed by atoms with Crippen LogP contribution in [0.25, 0.3) is 0 Å². The first-order chi connectivity index (χ1) is 9.00. The highest BCUT2D eigenvalue weighted by atomic mass is 16.5. The van der Waals surface area contributed by atoms with E-state index in [1.807, 2.05) is 26.8 Å². The van der Waals surface area contributed by atoms with Gasteiger partial charge in [0.2, 0.25) is 5.76 Å². The van der Waals surface area contributed by atoms with Crippen LogP contribution in [0.2, 0.25) is 0 Å². The van der Waals surface area contributed by atoms with Crippen LogP contribution in [0, 0.1) is 0 Å². The molecule has 0 amide bonds. The standard InChI is InChI=1S/C16H24O3/c1-12(2)8-6-5-7-11-18-16(17)15-10-9-14(19-15)13(3)4/h9-10,13H,1,5-8,11H2,2-4H3. The number of allylic oxidation sites excluding steroid dienone is 1. The van der Waals surface area contributed by atoms with Crippen molar-refractivity contribution in [2.75, 3.05) is 6.61 Å². The van der Waals surface area contributed by atoms with E-state index in [0.717, 1.165) is 31.4 Å². The molecule has 0 aliphatic carbocycles. The number of carbonyl (C=O) groups is 1. The van der Waals surface area contributed by atoms with Crippen LogP contribution < -0.4 is 0 Å². The van der Waals surface area contributed by atoms with E-state index < -0.39 is 0 Å².